The van der Waals surface area contributed by atoms with Gasteiger partial charge in [0.25, 0.3) is 0 Å². The fraction of sp³-hybridized carbons (Fsp3) is 0.329. The number of ketones is 1. The van der Waals surface area contributed by atoms with E-state index in [0.717, 1.165) is 77.6 Å². The summed E-state index contributed by atoms with van der Waals surface area (Å²) in [6.45, 7) is 32.8. The SMILES string of the molecule is CC(C)(C)Cc1ccc(-c2ccc(-c3ccnc(-c4[c-]c5ccccc5c(C(C)(C)C)c4)c3)cc2)cc1.CCC(CC)C(=O)/C=C(\O)C(CC)CC.Cc1[c-]c(-c2cc(-c3ccc(-c4ccc(CC(C)(C)C)cc4)cc3)ccn2)cc(C)c1.[Ir]. The summed E-state index contributed by atoms with van der Waals surface area (Å²) in [5.74, 6) is 0.547. The Balaban J connectivity index is 0.000000218. The summed E-state index contributed by atoms with van der Waals surface area (Å²) in [6.07, 6.45) is 10.9. The average Bonchev–Trinajstić information content (AvgIpc) is 2.98. The smallest absolute Gasteiger partial charge is 0.162 e. The molecule has 84 heavy (non-hydrogen) atoms. The molecule has 9 rings (SSSR count). The Kier molecular flexibility index (Phi) is 23.3. The number of rotatable bonds is 15. The third-order valence-electron chi connectivity index (χ3n) is 15.4. The zero-order valence-electron chi connectivity index (χ0n) is 52.8. The van der Waals surface area contributed by atoms with E-state index in [2.05, 4.69) is 257 Å². The van der Waals surface area contributed by atoms with Gasteiger partial charge in [-0.3, -0.25) is 9.78 Å². The van der Waals surface area contributed by atoms with Crippen LogP contribution in [-0.2, 0) is 43.2 Å². The molecular formula is C79H90IrN2O2-2. The number of allylic oxidation sites excluding steroid dienone is 2. The van der Waals surface area contributed by atoms with E-state index < -0.39 is 0 Å². The van der Waals surface area contributed by atoms with E-state index in [-0.39, 0.29) is 48.9 Å². The van der Waals surface area contributed by atoms with E-state index in [1.807, 2.05) is 40.1 Å². The molecule has 5 heteroatoms. The van der Waals surface area contributed by atoms with Crippen molar-refractivity contribution in [2.24, 2.45) is 22.7 Å². The van der Waals surface area contributed by atoms with Gasteiger partial charge in [0.05, 0.1) is 5.76 Å². The van der Waals surface area contributed by atoms with E-state index in [0.29, 0.717) is 10.8 Å². The normalized spacial score (nSPS) is 11.8. The molecule has 0 atom stereocenters. The van der Waals surface area contributed by atoms with Crippen molar-refractivity contribution < 1.29 is 30.0 Å². The minimum Gasteiger partial charge on any atom is -0.512 e. The molecule has 0 amide bonds. The average molecular weight is 1290 g/mol. The molecule has 7 aromatic carbocycles. The van der Waals surface area contributed by atoms with E-state index >= 15 is 0 Å². The van der Waals surface area contributed by atoms with Gasteiger partial charge in [0, 0.05) is 56.1 Å². The first kappa shape index (κ1) is 66.1. The molecule has 0 aliphatic heterocycles. The van der Waals surface area contributed by atoms with Gasteiger partial charge in [-0.05, 0) is 128 Å². The summed E-state index contributed by atoms with van der Waals surface area (Å²) >= 11 is 0. The monoisotopic (exact) mass is 1290 g/mol. The Morgan fingerprint density at radius 3 is 1.27 bits per heavy atom. The second kappa shape index (κ2) is 29.7. The Bertz CT molecular complexity index is 3560. The van der Waals surface area contributed by atoms with Gasteiger partial charge in [-0.2, -0.15) is 0 Å². The van der Waals surface area contributed by atoms with Gasteiger partial charge in [0.15, 0.2) is 5.78 Å². The summed E-state index contributed by atoms with van der Waals surface area (Å²) in [6, 6.07) is 66.3. The molecule has 0 saturated heterocycles. The van der Waals surface area contributed by atoms with Crippen molar-refractivity contribution in [2.75, 3.05) is 0 Å². The van der Waals surface area contributed by atoms with Crippen LogP contribution in [0.1, 0.15) is 144 Å². The Hall–Kier alpha value is -7.04. The zero-order chi connectivity index (χ0) is 60.1. The molecule has 0 aliphatic rings. The molecule has 1 radical (unpaired) electrons. The first-order valence-corrected chi connectivity index (χ1v) is 30.2. The van der Waals surface area contributed by atoms with Crippen molar-refractivity contribution >= 4 is 16.6 Å². The van der Waals surface area contributed by atoms with Crippen LogP contribution in [-0.4, -0.2) is 20.9 Å². The van der Waals surface area contributed by atoms with Crippen molar-refractivity contribution in [3.8, 4) is 67.0 Å². The largest absolute Gasteiger partial charge is 0.512 e. The second-order valence-corrected chi connectivity index (χ2v) is 26.0. The molecule has 2 heterocycles. The molecule has 0 fully saturated rings. The molecule has 0 spiro atoms. The summed E-state index contributed by atoms with van der Waals surface area (Å²) in [5.41, 5.74) is 20.8. The van der Waals surface area contributed by atoms with Crippen molar-refractivity contribution in [3.63, 3.8) is 0 Å². The van der Waals surface area contributed by atoms with E-state index in [9.17, 15) is 9.90 Å². The van der Waals surface area contributed by atoms with Crippen LogP contribution >= 0.6 is 0 Å². The minimum absolute atomic E-state index is 0. The molecule has 9 aromatic rings. The molecule has 4 nitrogen and oxygen atoms in total. The van der Waals surface area contributed by atoms with Gasteiger partial charge in [-0.15, -0.1) is 64.0 Å². The molecule has 2 aromatic heterocycles. The van der Waals surface area contributed by atoms with Crippen LogP contribution in [0.25, 0.3) is 77.8 Å². The van der Waals surface area contributed by atoms with Crippen LogP contribution in [0.4, 0.5) is 0 Å². The Morgan fingerprint density at radius 1 is 0.488 bits per heavy atom. The van der Waals surface area contributed by atoms with E-state index in [1.165, 1.54) is 72.7 Å². The quantitative estimate of drug-likeness (QED) is 0.0631. The first-order valence-electron chi connectivity index (χ1n) is 30.2. The summed E-state index contributed by atoms with van der Waals surface area (Å²) in [4.78, 5) is 21.0. The number of nitrogens with zero attached hydrogens (tertiary/aromatic N) is 2. The number of aliphatic hydroxyl groups excluding tert-OH is 1. The summed E-state index contributed by atoms with van der Waals surface area (Å²) in [5, 5.41) is 12.2. The second-order valence-electron chi connectivity index (χ2n) is 26.0. The third kappa shape index (κ3) is 18.7. The van der Waals surface area contributed by atoms with Crippen LogP contribution in [0.15, 0.2) is 188 Å². The molecule has 0 aliphatic carbocycles. The maximum atomic E-state index is 11.7. The first-order chi connectivity index (χ1) is 39.4. The molecular weight excluding hydrogens is 1200 g/mol. The van der Waals surface area contributed by atoms with E-state index in [1.54, 1.807) is 0 Å². The number of carbonyl (C=O) groups excluding carboxylic acids is 1. The molecule has 439 valence electrons. The van der Waals surface area contributed by atoms with Crippen LogP contribution in [0.5, 0.6) is 0 Å². The number of aliphatic hydroxyl groups is 1. The van der Waals surface area contributed by atoms with Gasteiger partial charge in [0.1, 0.15) is 0 Å². The fourth-order valence-electron chi connectivity index (χ4n) is 10.9. The maximum absolute atomic E-state index is 11.7. The maximum Gasteiger partial charge on any atom is 0.162 e. The Labute approximate surface area is 518 Å². The predicted octanol–water partition coefficient (Wildman–Crippen LogP) is 21.9. The molecule has 0 saturated carbocycles. The van der Waals surface area contributed by atoms with Gasteiger partial charge in [-0.25, -0.2) is 0 Å². The zero-order valence-corrected chi connectivity index (χ0v) is 55.2. The van der Waals surface area contributed by atoms with Crippen LogP contribution in [0, 0.1) is 48.6 Å². The van der Waals surface area contributed by atoms with Crippen LogP contribution in [0.2, 0.25) is 0 Å². The number of hydrogen-bond donors (Lipinski definition) is 1. The van der Waals surface area contributed by atoms with Gasteiger partial charge >= 0.3 is 0 Å². The van der Waals surface area contributed by atoms with Gasteiger partial charge in [-0.1, -0.05) is 242 Å². The summed E-state index contributed by atoms with van der Waals surface area (Å²) in [7, 11) is 0. The third-order valence-corrected chi connectivity index (χ3v) is 15.4. The van der Waals surface area contributed by atoms with Crippen molar-refractivity contribution in [2.45, 2.75) is 148 Å². The van der Waals surface area contributed by atoms with Gasteiger partial charge < -0.3 is 10.1 Å². The van der Waals surface area contributed by atoms with Gasteiger partial charge in [0.2, 0.25) is 0 Å². The van der Waals surface area contributed by atoms with Crippen LogP contribution < -0.4 is 0 Å². The van der Waals surface area contributed by atoms with Crippen molar-refractivity contribution in [1.82, 2.24) is 9.97 Å². The van der Waals surface area contributed by atoms with Crippen LogP contribution in [0.3, 0.4) is 0 Å². The Morgan fingerprint density at radius 2 is 0.881 bits per heavy atom. The molecule has 0 bridgehead atoms. The molecule has 1 N–H and O–H groups in total. The predicted molar refractivity (Wildman–Crippen MR) is 355 cm³/mol. The molecule has 0 unspecified atom stereocenters. The number of aryl methyl sites for hydroxylation is 2. The van der Waals surface area contributed by atoms with Crippen molar-refractivity contribution in [1.29, 1.82) is 0 Å². The number of carbonyl (C=O) groups is 1. The standard InChI is InChI=1S/C36H36N.C30H30N.C13H24O2.Ir/c1-35(2,3)24-25-11-13-26(14-12-25)27-15-17-28(18-16-27)29-19-20-37-34(23-29)31-21-30-9-7-8-10-32(30)33(22-31)36(4,5)6;1-21-16-22(2)18-28(17-21)29-19-27(14-15-31-29)26-12-10-25(11-13-26)24-8-6-23(7-9-24)20-30(3,4)5;1-5-10(6-2)12(14)9-13(15)11(7-3)8-4;/h7-20,22-23H,24H2,1-6H3;6-17,19H,20H2,1-5H3;9-11,14H,5-8H2,1-4H3;/q2*-1;;/b;;12-9-;. The topological polar surface area (TPSA) is 63.1 Å². The minimum atomic E-state index is 0. The number of hydrogen-bond acceptors (Lipinski definition) is 4. The number of fused-ring (bicyclic) bond motifs is 1. The number of benzene rings is 7. The van der Waals surface area contributed by atoms with Crippen molar-refractivity contribution in [3.05, 3.63) is 228 Å². The summed E-state index contributed by atoms with van der Waals surface area (Å²) < 4.78 is 0. The number of aromatic nitrogens is 2. The fourth-order valence-corrected chi connectivity index (χ4v) is 10.9. The number of pyridine rings is 2. The van der Waals surface area contributed by atoms with E-state index in [4.69, 9.17) is 4.98 Å².